The average Bonchev–Trinajstić information content (AvgIpc) is 3.38. The van der Waals surface area contributed by atoms with E-state index in [1.807, 2.05) is 22.8 Å². The highest BCUT2D eigenvalue weighted by Crippen LogP contribution is 2.40. The van der Waals surface area contributed by atoms with Crippen molar-refractivity contribution in [3.63, 3.8) is 0 Å². The van der Waals surface area contributed by atoms with Gasteiger partial charge in [0.05, 0.1) is 41.5 Å². The average molecular weight is 631 g/mol. The number of hydrogen-bond donors (Lipinski definition) is 1. The summed E-state index contributed by atoms with van der Waals surface area (Å²) in [5, 5.41) is 10.9. The summed E-state index contributed by atoms with van der Waals surface area (Å²) in [5.74, 6) is 0.298. The third-order valence-corrected chi connectivity index (χ3v) is 7.65. The lowest BCUT2D eigenvalue weighted by Crippen LogP contribution is -2.27. The van der Waals surface area contributed by atoms with E-state index in [1.165, 1.54) is 11.7 Å². The number of imidazole rings is 1. The van der Waals surface area contributed by atoms with Crippen LogP contribution in [0.5, 0.6) is 0 Å². The summed E-state index contributed by atoms with van der Waals surface area (Å²) >= 11 is 10.3. The quantitative estimate of drug-likeness (QED) is 0.204. The van der Waals surface area contributed by atoms with Gasteiger partial charge in [-0.15, -0.1) is 0 Å². The molecular formula is C30H33BrClN3O5. The predicted octanol–water partition coefficient (Wildman–Crippen LogP) is 7.37. The lowest BCUT2D eigenvalue weighted by Gasteiger charge is -2.21. The molecule has 8 nitrogen and oxygen atoms in total. The monoisotopic (exact) mass is 629 g/mol. The molecule has 40 heavy (non-hydrogen) atoms. The van der Waals surface area contributed by atoms with Gasteiger partial charge in [-0.2, -0.15) is 0 Å². The van der Waals surface area contributed by atoms with Crippen molar-refractivity contribution in [2.24, 2.45) is 0 Å². The summed E-state index contributed by atoms with van der Waals surface area (Å²) < 4.78 is 14.8. The Morgan fingerprint density at radius 3 is 2.52 bits per heavy atom. The molecule has 0 aliphatic carbocycles. The molecule has 4 rings (SSSR count). The summed E-state index contributed by atoms with van der Waals surface area (Å²) in [6.45, 7) is 7.71. The zero-order chi connectivity index (χ0) is 29.2. The van der Waals surface area contributed by atoms with Gasteiger partial charge in [-0.25, -0.2) is 19.1 Å². The van der Waals surface area contributed by atoms with Gasteiger partial charge in [0, 0.05) is 17.4 Å². The van der Waals surface area contributed by atoms with Gasteiger partial charge in [0.25, 0.3) is 0 Å². The lowest BCUT2D eigenvalue weighted by molar-refractivity contribution is 0.0543. The van der Waals surface area contributed by atoms with Crippen LogP contribution in [-0.4, -0.2) is 44.0 Å². The fraction of sp³-hybridized carbons (Fsp3) is 0.367. The van der Waals surface area contributed by atoms with Crippen LogP contribution in [0.1, 0.15) is 68.0 Å². The molecule has 0 aliphatic rings. The molecule has 10 heteroatoms. The first-order valence-corrected chi connectivity index (χ1v) is 14.3. The second-order valence-corrected chi connectivity index (χ2v) is 11.6. The first-order valence-electron chi connectivity index (χ1n) is 13.1. The Bertz CT molecular complexity index is 1570. The molecule has 0 atom stereocenters. The highest BCUT2D eigenvalue weighted by atomic mass is 79.9. The van der Waals surface area contributed by atoms with Crippen molar-refractivity contribution in [2.45, 2.75) is 65.7 Å². The molecule has 0 spiro atoms. The van der Waals surface area contributed by atoms with Crippen LogP contribution in [0.4, 0.5) is 4.79 Å². The fourth-order valence-electron chi connectivity index (χ4n) is 4.61. The second-order valence-electron chi connectivity index (χ2n) is 10.5. The predicted molar refractivity (Wildman–Crippen MR) is 159 cm³/mol. The van der Waals surface area contributed by atoms with Gasteiger partial charge < -0.3 is 19.1 Å². The number of aliphatic hydroxyl groups excluding tert-OH is 1. The Labute approximate surface area is 247 Å². The van der Waals surface area contributed by atoms with E-state index in [0.29, 0.717) is 44.2 Å². The number of aromatic nitrogens is 3. The molecule has 2 aromatic heterocycles. The maximum absolute atomic E-state index is 13.6. The first-order chi connectivity index (χ1) is 19.0. The van der Waals surface area contributed by atoms with E-state index >= 15 is 0 Å². The van der Waals surface area contributed by atoms with Crippen molar-refractivity contribution in [1.29, 1.82) is 0 Å². The van der Waals surface area contributed by atoms with Crippen molar-refractivity contribution in [3.05, 3.63) is 74.7 Å². The molecule has 0 fully saturated rings. The molecule has 0 aliphatic heterocycles. The summed E-state index contributed by atoms with van der Waals surface area (Å²) in [5.41, 5.74) is 2.57. The number of methoxy groups -OCH3 is 1. The molecule has 0 saturated carbocycles. The molecule has 4 aromatic rings. The van der Waals surface area contributed by atoms with Crippen molar-refractivity contribution in [1.82, 2.24) is 14.1 Å². The van der Waals surface area contributed by atoms with Gasteiger partial charge >= 0.3 is 12.1 Å². The highest BCUT2D eigenvalue weighted by molar-refractivity contribution is 9.10. The molecular weight excluding hydrogens is 598 g/mol. The first kappa shape index (κ1) is 29.8. The van der Waals surface area contributed by atoms with Crippen molar-refractivity contribution in [2.75, 3.05) is 7.11 Å². The molecule has 0 saturated heterocycles. The number of halogens is 2. The van der Waals surface area contributed by atoms with Crippen molar-refractivity contribution < 1.29 is 24.2 Å². The highest BCUT2D eigenvalue weighted by Gasteiger charge is 2.28. The minimum atomic E-state index is -0.739. The number of rotatable bonds is 8. The molecule has 2 heterocycles. The number of carbonyl (C=O) groups is 2. The number of ether oxygens (including phenoxy) is 2. The van der Waals surface area contributed by atoms with Crippen LogP contribution in [0.15, 0.2) is 46.9 Å². The number of hydrogen-bond acceptors (Lipinski definition) is 6. The molecule has 2 aromatic carbocycles. The Morgan fingerprint density at radius 1 is 1.15 bits per heavy atom. The van der Waals surface area contributed by atoms with E-state index in [-0.39, 0.29) is 6.61 Å². The van der Waals surface area contributed by atoms with Crippen LogP contribution < -0.4 is 0 Å². The Kier molecular flexibility index (Phi) is 9.07. The summed E-state index contributed by atoms with van der Waals surface area (Å²) in [6.07, 6.45) is 2.12. The Morgan fingerprint density at radius 2 is 1.88 bits per heavy atom. The topological polar surface area (TPSA) is 95.6 Å². The molecule has 212 valence electrons. The summed E-state index contributed by atoms with van der Waals surface area (Å²) in [7, 11) is 1.32. The van der Waals surface area contributed by atoms with Gasteiger partial charge in [-0.05, 0) is 66.9 Å². The Hall–Kier alpha value is -3.14. The molecule has 0 radical (unpaired) electrons. The van der Waals surface area contributed by atoms with Gasteiger partial charge in [0.2, 0.25) is 0 Å². The van der Waals surface area contributed by atoms with Crippen LogP contribution in [0.3, 0.4) is 0 Å². The normalized spacial score (nSPS) is 11.7. The maximum Gasteiger partial charge on any atom is 0.419 e. The Balaban J connectivity index is 1.91. The van der Waals surface area contributed by atoms with Crippen LogP contribution in [-0.2, 0) is 29.0 Å². The van der Waals surface area contributed by atoms with E-state index in [9.17, 15) is 14.7 Å². The fourth-order valence-corrected chi connectivity index (χ4v) is 5.58. The molecule has 0 bridgehead atoms. The van der Waals surface area contributed by atoms with Crippen molar-refractivity contribution in [3.8, 4) is 11.3 Å². The van der Waals surface area contributed by atoms with Gasteiger partial charge in [-0.1, -0.05) is 49.2 Å². The van der Waals surface area contributed by atoms with Crippen LogP contribution in [0.2, 0.25) is 5.15 Å². The van der Waals surface area contributed by atoms with Crippen LogP contribution in [0, 0.1) is 0 Å². The SMILES string of the molecule is CCCCc1nc(CO)c(Cl)n1Cc1ccc2c(c1)c(Br)c(-c1ccccc1C(=O)OC)n2C(=O)OC(C)(C)C. The van der Waals surface area contributed by atoms with Crippen molar-refractivity contribution >= 4 is 50.5 Å². The number of benzene rings is 2. The largest absolute Gasteiger partial charge is 0.465 e. The standard InChI is InChI=1S/C30H33BrClN3O5/c1-6-7-12-24-33-22(17-36)27(32)34(24)16-18-13-14-23-21(15-18)25(31)26(35(23)29(38)40-30(2,3)4)19-10-8-9-11-20(19)28(37)39-5/h8-11,13-15,36H,6-7,12,16-17H2,1-5H3. The number of esters is 1. The summed E-state index contributed by atoms with van der Waals surface area (Å²) in [4.78, 5) is 30.8. The lowest BCUT2D eigenvalue weighted by atomic mass is 10.0. The summed E-state index contributed by atoms with van der Waals surface area (Å²) in [6, 6.07) is 12.7. The molecule has 1 N–H and O–H groups in total. The number of carbonyl (C=O) groups excluding carboxylic acids is 2. The van der Waals surface area contributed by atoms with E-state index in [2.05, 4.69) is 27.8 Å². The van der Waals surface area contributed by atoms with Gasteiger partial charge in [0.15, 0.2) is 0 Å². The zero-order valence-electron chi connectivity index (χ0n) is 23.3. The smallest absolute Gasteiger partial charge is 0.419 e. The van der Waals surface area contributed by atoms with Gasteiger partial charge in [-0.3, -0.25) is 0 Å². The van der Waals surface area contributed by atoms with Crippen LogP contribution in [0.25, 0.3) is 22.2 Å². The molecule has 0 amide bonds. The zero-order valence-corrected chi connectivity index (χ0v) is 25.6. The van der Waals surface area contributed by atoms with E-state index < -0.39 is 17.7 Å². The number of nitrogens with zero attached hydrogens (tertiary/aromatic N) is 3. The van der Waals surface area contributed by atoms with E-state index in [4.69, 9.17) is 21.1 Å². The minimum Gasteiger partial charge on any atom is -0.465 e. The van der Waals surface area contributed by atoms with E-state index in [0.717, 1.165) is 36.0 Å². The minimum absolute atomic E-state index is 0.239. The number of fused-ring (bicyclic) bond motifs is 1. The number of aliphatic hydroxyl groups is 1. The third-order valence-electron chi connectivity index (χ3n) is 6.43. The van der Waals surface area contributed by atoms with E-state index in [1.54, 1.807) is 45.0 Å². The maximum atomic E-state index is 13.6. The van der Waals surface area contributed by atoms with Gasteiger partial charge in [0.1, 0.15) is 22.3 Å². The third kappa shape index (κ3) is 5.96. The second kappa shape index (κ2) is 12.2. The number of unbranched alkanes of at least 4 members (excludes halogenated alkanes) is 1. The number of aryl methyl sites for hydroxylation is 1. The van der Waals surface area contributed by atoms with Crippen LogP contribution >= 0.6 is 27.5 Å². The molecule has 0 unspecified atom stereocenters.